The minimum Gasteiger partial charge on any atom is -0.472 e. The highest BCUT2D eigenvalue weighted by Crippen LogP contribution is 2.37. The van der Waals surface area contributed by atoms with E-state index in [9.17, 15) is 8.42 Å². The topological polar surface area (TPSA) is 47.3 Å². The smallest absolute Gasteiger partial charge is 0.175 e. The minimum atomic E-state index is -3.18. The van der Waals surface area contributed by atoms with Crippen molar-refractivity contribution >= 4 is 21.2 Å². The number of hydrogen-bond acceptors (Lipinski definition) is 4. The summed E-state index contributed by atoms with van der Waals surface area (Å²) in [5.41, 5.74) is 5.41. The first-order valence-electron chi connectivity index (χ1n) is 8.03. The van der Waals surface area contributed by atoms with Gasteiger partial charge in [0.05, 0.1) is 17.4 Å². The van der Waals surface area contributed by atoms with E-state index in [2.05, 4.69) is 35.7 Å². The van der Waals surface area contributed by atoms with Crippen LogP contribution in [0.2, 0.25) is 0 Å². The van der Waals surface area contributed by atoms with E-state index in [0.717, 1.165) is 32.7 Å². The monoisotopic (exact) mass is 380 g/mol. The Balaban J connectivity index is 1.69. The predicted molar refractivity (Wildman–Crippen MR) is 106 cm³/mol. The molecule has 2 aromatic carbocycles. The zero-order valence-electron chi connectivity index (χ0n) is 14.0. The van der Waals surface area contributed by atoms with Gasteiger partial charge in [-0.1, -0.05) is 36.4 Å². The molecule has 0 fully saturated rings. The summed E-state index contributed by atoms with van der Waals surface area (Å²) in [6, 6.07) is 19.4. The number of rotatable bonds is 4. The summed E-state index contributed by atoms with van der Waals surface area (Å²) >= 11 is 1.67. The summed E-state index contributed by atoms with van der Waals surface area (Å²) in [6.45, 7) is 0. The van der Waals surface area contributed by atoms with Crippen LogP contribution in [0.4, 0.5) is 0 Å². The molecule has 0 bridgehead atoms. The van der Waals surface area contributed by atoms with Gasteiger partial charge in [-0.25, -0.2) is 8.42 Å². The van der Waals surface area contributed by atoms with Gasteiger partial charge in [0.1, 0.15) is 0 Å². The Labute approximate surface area is 156 Å². The van der Waals surface area contributed by atoms with Crippen LogP contribution in [0, 0.1) is 0 Å². The van der Waals surface area contributed by atoms with E-state index in [1.165, 1.54) is 6.26 Å². The van der Waals surface area contributed by atoms with Gasteiger partial charge >= 0.3 is 0 Å². The van der Waals surface area contributed by atoms with Gasteiger partial charge in [0, 0.05) is 22.3 Å². The molecule has 0 aliphatic rings. The molecule has 2 aromatic heterocycles. The number of sulfone groups is 1. The molecule has 3 nitrogen and oxygen atoms in total. The zero-order chi connectivity index (χ0) is 18.1. The maximum Gasteiger partial charge on any atom is 0.175 e. The third-order valence-corrected chi connectivity index (χ3v) is 6.35. The van der Waals surface area contributed by atoms with Gasteiger partial charge in [-0.2, -0.15) is 0 Å². The van der Waals surface area contributed by atoms with Crippen molar-refractivity contribution in [3.05, 3.63) is 78.6 Å². The number of benzene rings is 2. The third kappa shape index (κ3) is 3.23. The molecule has 0 spiro atoms. The highest BCUT2D eigenvalue weighted by atomic mass is 32.2. The Bertz CT molecular complexity index is 1120. The van der Waals surface area contributed by atoms with Crippen LogP contribution in [0.25, 0.3) is 32.7 Å². The van der Waals surface area contributed by atoms with E-state index in [0.29, 0.717) is 4.90 Å². The largest absolute Gasteiger partial charge is 0.472 e. The first kappa shape index (κ1) is 16.8. The van der Waals surface area contributed by atoms with Gasteiger partial charge < -0.3 is 4.42 Å². The SMILES string of the molecule is CS(=O)(=O)c1ccc(-c2ccsc2-c2ccc(-c3ccoc3)cc2)cc1. The Morgan fingerprint density at radius 2 is 1.42 bits per heavy atom. The molecule has 5 heteroatoms. The fourth-order valence-electron chi connectivity index (χ4n) is 2.88. The normalized spacial score (nSPS) is 11.6. The van der Waals surface area contributed by atoms with Gasteiger partial charge in [-0.05, 0) is 46.3 Å². The van der Waals surface area contributed by atoms with Crippen LogP contribution >= 0.6 is 11.3 Å². The molecular weight excluding hydrogens is 364 g/mol. The molecule has 4 rings (SSSR count). The molecule has 0 unspecified atom stereocenters. The van der Waals surface area contributed by atoms with Crippen LogP contribution < -0.4 is 0 Å². The van der Waals surface area contributed by atoms with Crippen molar-refractivity contribution in [1.82, 2.24) is 0 Å². The molecule has 2 heterocycles. The summed E-state index contributed by atoms with van der Waals surface area (Å²) in [5.74, 6) is 0. The second-order valence-electron chi connectivity index (χ2n) is 6.05. The Kier molecular flexibility index (Phi) is 4.26. The molecule has 0 saturated heterocycles. The van der Waals surface area contributed by atoms with Crippen LogP contribution in [0.1, 0.15) is 0 Å². The third-order valence-electron chi connectivity index (χ3n) is 4.26. The van der Waals surface area contributed by atoms with Crippen LogP contribution in [-0.2, 0) is 9.84 Å². The van der Waals surface area contributed by atoms with Crippen LogP contribution in [0.5, 0.6) is 0 Å². The van der Waals surface area contributed by atoms with E-state index in [-0.39, 0.29) is 0 Å². The molecule has 0 aliphatic heterocycles. The lowest BCUT2D eigenvalue weighted by molar-refractivity contribution is 0.568. The van der Waals surface area contributed by atoms with Gasteiger partial charge in [0.25, 0.3) is 0 Å². The Morgan fingerprint density at radius 1 is 0.769 bits per heavy atom. The van der Waals surface area contributed by atoms with E-state index in [1.54, 1.807) is 36.0 Å². The highest BCUT2D eigenvalue weighted by Gasteiger charge is 2.12. The van der Waals surface area contributed by atoms with Crippen molar-refractivity contribution in [1.29, 1.82) is 0 Å². The number of furan rings is 1. The molecule has 130 valence electrons. The maximum atomic E-state index is 11.6. The summed E-state index contributed by atoms with van der Waals surface area (Å²) in [4.78, 5) is 1.50. The van der Waals surface area contributed by atoms with Crippen LogP contribution in [0.3, 0.4) is 0 Å². The van der Waals surface area contributed by atoms with E-state index >= 15 is 0 Å². The second kappa shape index (κ2) is 6.59. The van der Waals surface area contributed by atoms with Crippen LogP contribution in [0.15, 0.2) is 87.9 Å². The molecule has 0 radical (unpaired) electrons. The molecule has 0 amide bonds. The summed E-state index contributed by atoms with van der Waals surface area (Å²) in [7, 11) is -3.18. The summed E-state index contributed by atoms with van der Waals surface area (Å²) in [6.07, 6.45) is 4.62. The standard InChI is InChI=1S/C21H16O3S2/c1-26(22,23)19-8-6-16(7-9-19)20-11-13-25-21(20)17-4-2-15(3-5-17)18-10-12-24-14-18/h2-14H,1H3. The molecule has 0 saturated carbocycles. The van der Waals surface area contributed by atoms with Crippen molar-refractivity contribution in [3.63, 3.8) is 0 Å². The molecule has 0 N–H and O–H groups in total. The fraction of sp³-hybridized carbons (Fsp3) is 0.0476. The maximum absolute atomic E-state index is 11.6. The minimum absolute atomic E-state index is 0.336. The van der Waals surface area contributed by atoms with Crippen LogP contribution in [-0.4, -0.2) is 14.7 Å². The van der Waals surface area contributed by atoms with E-state index in [1.807, 2.05) is 18.2 Å². The summed E-state index contributed by atoms with van der Waals surface area (Å²) in [5, 5.41) is 2.05. The zero-order valence-corrected chi connectivity index (χ0v) is 15.7. The molecule has 0 atom stereocenters. The highest BCUT2D eigenvalue weighted by molar-refractivity contribution is 7.90. The van der Waals surface area contributed by atoms with Gasteiger partial charge in [0.2, 0.25) is 0 Å². The van der Waals surface area contributed by atoms with Crippen molar-refractivity contribution < 1.29 is 12.8 Å². The lowest BCUT2D eigenvalue weighted by atomic mass is 10.0. The lowest BCUT2D eigenvalue weighted by Gasteiger charge is -2.07. The molecule has 0 aliphatic carbocycles. The van der Waals surface area contributed by atoms with E-state index in [4.69, 9.17) is 4.42 Å². The number of hydrogen-bond donors (Lipinski definition) is 0. The van der Waals surface area contributed by atoms with Crippen molar-refractivity contribution in [2.24, 2.45) is 0 Å². The lowest BCUT2D eigenvalue weighted by Crippen LogP contribution is -1.96. The van der Waals surface area contributed by atoms with Gasteiger partial charge in [-0.3, -0.25) is 0 Å². The predicted octanol–water partition coefficient (Wildman–Crippen LogP) is 5.75. The van der Waals surface area contributed by atoms with Crippen molar-refractivity contribution in [3.8, 4) is 32.7 Å². The first-order chi connectivity index (χ1) is 12.5. The van der Waals surface area contributed by atoms with Crippen molar-refractivity contribution in [2.45, 2.75) is 4.90 Å². The first-order valence-corrected chi connectivity index (χ1v) is 10.8. The summed E-state index contributed by atoms with van der Waals surface area (Å²) < 4.78 is 28.4. The number of thiophene rings is 1. The average molecular weight is 380 g/mol. The Morgan fingerprint density at radius 3 is 2.04 bits per heavy atom. The van der Waals surface area contributed by atoms with Gasteiger partial charge in [0.15, 0.2) is 9.84 Å². The molecular formula is C21H16O3S2. The molecule has 4 aromatic rings. The second-order valence-corrected chi connectivity index (χ2v) is 8.98. The molecule has 26 heavy (non-hydrogen) atoms. The van der Waals surface area contributed by atoms with Crippen molar-refractivity contribution in [2.75, 3.05) is 6.26 Å². The average Bonchev–Trinajstić information content (AvgIpc) is 3.33. The van der Waals surface area contributed by atoms with Gasteiger partial charge in [-0.15, -0.1) is 11.3 Å². The fourth-order valence-corrected chi connectivity index (χ4v) is 4.44. The van der Waals surface area contributed by atoms with E-state index < -0.39 is 9.84 Å². The quantitative estimate of drug-likeness (QED) is 0.453. The Hall–Kier alpha value is -2.63.